The average molecular weight is 148 g/mol. The summed E-state index contributed by atoms with van der Waals surface area (Å²) >= 11 is 0. The Labute approximate surface area is 66.7 Å². The topological polar surface area (TPSA) is 38.0 Å². The van der Waals surface area contributed by atoms with Gasteiger partial charge in [0.25, 0.3) is 0 Å². The average Bonchev–Trinajstić information content (AvgIpc) is 2.03. The first-order valence-corrected chi connectivity index (χ1v) is 3.51. The van der Waals surface area contributed by atoms with Crippen LogP contribution in [0.15, 0.2) is 42.7 Å². The molecule has 0 aromatic heterocycles. The van der Waals surface area contributed by atoms with Gasteiger partial charge >= 0.3 is 0 Å². The van der Waals surface area contributed by atoms with Crippen molar-refractivity contribution in [2.45, 2.75) is 6.54 Å². The van der Waals surface area contributed by atoms with Crippen molar-refractivity contribution in [3.8, 4) is 0 Å². The quantitative estimate of drug-likeness (QED) is 0.676. The highest BCUT2D eigenvalue weighted by Crippen LogP contribution is 1.96. The molecule has 0 aliphatic heterocycles. The normalized spacial score (nSPS) is 9.09. The standard InChI is InChI=1S/C9H12N2/c1-8(10)11-7-9-5-3-2-4-6-9/h2-6,11H,1,7,10H2. The summed E-state index contributed by atoms with van der Waals surface area (Å²) in [7, 11) is 0. The van der Waals surface area contributed by atoms with Gasteiger partial charge in [-0.3, -0.25) is 0 Å². The molecule has 0 unspecified atom stereocenters. The van der Waals surface area contributed by atoms with Gasteiger partial charge in [0, 0.05) is 6.54 Å². The largest absolute Gasteiger partial charge is 0.386 e. The summed E-state index contributed by atoms with van der Waals surface area (Å²) in [6, 6.07) is 10.1. The lowest BCUT2D eigenvalue weighted by Crippen LogP contribution is -2.17. The van der Waals surface area contributed by atoms with Crippen molar-refractivity contribution in [2.24, 2.45) is 5.73 Å². The number of hydrogen-bond acceptors (Lipinski definition) is 2. The summed E-state index contributed by atoms with van der Waals surface area (Å²) in [4.78, 5) is 0. The Morgan fingerprint density at radius 2 is 2.00 bits per heavy atom. The van der Waals surface area contributed by atoms with Crippen LogP contribution < -0.4 is 11.1 Å². The Morgan fingerprint density at radius 1 is 1.36 bits per heavy atom. The first-order chi connectivity index (χ1) is 5.29. The smallest absolute Gasteiger partial charge is 0.0888 e. The molecule has 1 rings (SSSR count). The molecule has 0 saturated heterocycles. The van der Waals surface area contributed by atoms with Gasteiger partial charge in [0.15, 0.2) is 0 Å². The molecule has 0 saturated carbocycles. The van der Waals surface area contributed by atoms with Gasteiger partial charge in [-0.05, 0) is 5.56 Å². The lowest BCUT2D eigenvalue weighted by atomic mass is 10.2. The molecule has 2 heteroatoms. The number of hydrogen-bond donors (Lipinski definition) is 2. The van der Waals surface area contributed by atoms with Crippen molar-refractivity contribution >= 4 is 0 Å². The summed E-state index contributed by atoms with van der Waals surface area (Å²) in [5.74, 6) is 0.508. The molecular weight excluding hydrogens is 136 g/mol. The van der Waals surface area contributed by atoms with E-state index in [2.05, 4.69) is 11.9 Å². The van der Waals surface area contributed by atoms with Crippen molar-refractivity contribution in [1.29, 1.82) is 0 Å². The molecule has 0 aliphatic rings. The molecular formula is C9H12N2. The molecule has 0 radical (unpaired) electrons. The Balaban J connectivity index is 2.45. The van der Waals surface area contributed by atoms with Gasteiger partial charge in [0.2, 0.25) is 0 Å². The molecule has 3 N–H and O–H groups in total. The van der Waals surface area contributed by atoms with Crippen molar-refractivity contribution in [3.05, 3.63) is 48.3 Å². The van der Waals surface area contributed by atoms with E-state index in [1.807, 2.05) is 30.3 Å². The highest BCUT2D eigenvalue weighted by Gasteiger charge is 1.88. The van der Waals surface area contributed by atoms with Gasteiger partial charge in [-0.2, -0.15) is 0 Å². The van der Waals surface area contributed by atoms with Gasteiger partial charge in [-0.25, -0.2) is 0 Å². The van der Waals surface area contributed by atoms with Gasteiger partial charge in [-0.15, -0.1) is 0 Å². The van der Waals surface area contributed by atoms with Crippen LogP contribution in [0.2, 0.25) is 0 Å². The van der Waals surface area contributed by atoms with E-state index >= 15 is 0 Å². The molecule has 2 nitrogen and oxygen atoms in total. The Bertz CT molecular complexity index is 229. The summed E-state index contributed by atoms with van der Waals surface area (Å²) in [5, 5.41) is 2.95. The van der Waals surface area contributed by atoms with E-state index in [4.69, 9.17) is 5.73 Å². The minimum absolute atomic E-state index is 0.508. The zero-order valence-corrected chi connectivity index (χ0v) is 6.38. The first-order valence-electron chi connectivity index (χ1n) is 3.51. The van der Waals surface area contributed by atoms with Crippen molar-refractivity contribution in [3.63, 3.8) is 0 Å². The molecule has 11 heavy (non-hydrogen) atoms. The van der Waals surface area contributed by atoms with E-state index in [1.165, 1.54) is 5.56 Å². The predicted molar refractivity (Wildman–Crippen MR) is 46.6 cm³/mol. The molecule has 1 aromatic carbocycles. The van der Waals surface area contributed by atoms with Crippen LogP contribution in [0.4, 0.5) is 0 Å². The second-order valence-electron chi connectivity index (χ2n) is 2.36. The predicted octanol–water partition coefficient (Wildman–Crippen LogP) is 1.21. The van der Waals surface area contributed by atoms with Crippen LogP contribution in [0, 0.1) is 0 Å². The zero-order valence-electron chi connectivity index (χ0n) is 6.38. The SMILES string of the molecule is C=C(N)NCc1ccccc1. The number of nitrogens with one attached hydrogen (secondary N) is 1. The van der Waals surface area contributed by atoms with E-state index < -0.39 is 0 Å². The van der Waals surface area contributed by atoms with E-state index in [0.717, 1.165) is 6.54 Å². The van der Waals surface area contributed by atoms with Gasteiger partial charge in [0.05, 0.1) is 5.82 Å². The minimum Gasteiger partial charge on any atom is -0.386 e. The van der Waals surface area contributed by atoms with Crippen molar-refractivity contribution < 1.29 is 0 Å². The third-order valence-electron chi connectivity index (χ3n) is 1.36. The van der Waals surface area contributed by atoms with Gasteiger partial charge in [0.1, 0.15) is 0 Å². The van der Waals surface area contributed by atoms with E-state index in [9.17, 15) is 0 Å². The number of benzene rings is 1. The van der Waals surface area contributed by atoms with E-state index in [-0.39, 0.29) is 0 Å². The van der Waals surface area contributed by atoms with Crippen LogP contribution in [-0.2, 0) is 6.54 Å². The molecule has 58 valence electrons. The molecule has 0 fully saturated rings. The molecule has 0 atom stereocenters. The summed E-state index contributed by atoms with van der Waals surface area (Å²) in [5.41, 5.74) is 6.54. The fourth-order valence-corrected chi connectivity index (χ4v) is 0.811. The zero-order chi connectivity index (χ0) is 8.10. The van der Waals surface area contributed by atoms with Crippen LogP contribution in [0.5, 0.6) is 0 Å². The number of rotatable bonds is 3. The van der Waals surface area contributed by atoms with Gasteiger partial charge in [-0.1, -0.05) is 36.9 Å². The van der Waals surface area contributed by atoms with Crippen LogP contribution in [0.25, 0.3) is 0 Å². The first kappa shape index (κ1) is 7.66. The monoisotopic (exact) mass is 148 g/mol. The van der Waals surface area contributed by atoms with Crippen molar-refractivity contribution in [1.82, 2.24) is 5.32 Å². The third kappa shape index (κ3) is 2.76. The highest BCUT2D eigenvalue weighted by atomic mass is 15.0. The Hall–Kier alpha value is -1.44. The molecule has 0 bridgehead atoms. The fourth-order valence-electron chi connectivity index (χ4n) is 0.811. The maximum atomic E-state index is 5.33. The van der Waals surface area contributed by atoms with E-state index in [0.29, 0.717) is 5.82 Å². The lowest BCUT2D eigenvalue weighted by Gasteiger charge is -2.03. The number of nitrogens with two attached hydrogens (primary N) is 1. The summed E-state index contributed by atoms with van der Waals surface area (Å²) in [6.07, 6.45) is 0. The van der Waals surface area contributed by atoms with Gasteiger partial charge < -0.3 is 11.1 Å². The van der Waals surface area contributed by atoms with Crippen LogP contribution in [-0.4, -0.2) is 0 Å². The van der Waals surface area contributed by atoms with E-state index in [1.54, 1.807) is 0 Å². The molecule has 0 spiro atoms. The second kappa shape index (κ2) is 3.66. The fraction of sp³-hybridized carbons (Fsp3) is 0.111. The Kier molecular flexibility index (Phi) is 2.55. The Morgan fingerprint density at radius 3 is 2.55 bits per heavy atom. The second-order valence-corrected chi connectivity index (χ2v) is 2.36. The highest BCUT2D eigenvalue weighted by molar-refractivity contribution is 5.14. The maximum Gasteiger partial charge on any atom is 0.0888 e. The maximum absolute atomic E-state index is 5.33. The molecule has 0 amide bonds. The lowest BCUT2D eigenvalue weighted by molar-refractivity contribution is 0.804. The van der Waals surface area contributed by atoms with Crippen LogP contribution in [0.1, 0.15) is 5.56 Å². The molecule has 0 aliphatic carbocycles. The molecule has 1 aromatic rings. The third-order valence-corrected chi connectivity index (χ3v) is 1.36. The van der Waals surface area contributed by atoms with Crippen molar-refractivity contribution in [2.75, 3.05) is 0 Å². The summed E-state index contributed by atoms with van der Waals surface area (Å²) < 4.78 is 0. The summed E-state index contributed by atoms with van der Waals surface area (Å²) in [6.45, 7) is 4.28. The minimum atomic E-state index is 0.508. The van der Waals surface area contributed by atoms with Crippen LogP contribution >= 0.6 is 0 Å². The van der Waals surface area contributed by atoms with Crippen LogP contribution in [0.3, 0.4) is 0 Å². The molecule has 0 heterocycles.